The number of aromatic nitrogens is 1. The molecule has 4 nitrogen and oxygen atoms in total. The Morgan fingerprint density at radius 1 is 1.57 bits per heavy atom. The highest BCUT2D eigenvalue weighted by Gasteiger charge is 2.18. The zero-order valence-corrected chi connectivity index (χ0v) is 7.42. The van der Waals surface area contributed by atoms with E-state index < -0.39 is 12.3 Å². The van der Waals surface area contributed by atoms with Crippen molar-refractivity contribution in [3.05, 3.63) is 22.9 Å². The molecule has 0 fully saturated rings. The quantitative estimate of drug-likeness (QED) is 0.749. The number of alkyl halides is 2. The Kier molecular flexibility index (Phi) is 2.64. The average Bonchev–Trinajstić information content (AvgIpc) is 2.02. The number of carbonyl (C=O) groups is 1. The Hall–Kier alpha value is -1.72. The topological polar surface area (TPSA) is 82.0 Å². The van der Waals surface area contributed by atoms with Crippen LogP contribution in [-0.4, -0.2) is 10.9 Å². The van der Waals surface area contributed by atoms with Gasteiger partial charge in [0.2, 0.25) is 0 Å². The minimum atomic E-state index is -2.69. The predicted molar refractivity (Wildman–Crippen MR) is 46.9 cm³/mol. The fraction of sp³-hybridized carbons (Fsp3) is 0.250. The van der Waals surface area contributed by atoms with Gasteiger partial charge in [0.15, 0.2) is 0 Å². The van der Waals surface area contributed by atoms with Crippen LogP contribution in [0.4, 0.5) is 14.6 Å². The molecule has 0 aliphatic heterocycles. The van der Waals surface area contributed by atoms with Crippen LogP contribution in [0.5, 0.6) is 0 Å². The summed E-state index contributed by atoms with van der Waals surface area (Å²) in [5, 5.41) is 0. The van der Waals surface area contributed by atoms with Crippen LogP contribution in [0.3, 0.4) is 0 Å². The summed E-state index contributed by atoms with van der Waals surface area (Å²) in [6.45, 7) is 1.36. The smallest absolute Gasteiger partial charge is 0.265 e. The maximum Gasteiger partial charge on any atom is 0.265 e. The standard InChI is InChI=1S/C8H9F2N3O/c1-3-4(6(9)10)2-13-7(11)5(3)8(12)14/h2,6H,1H3,(H2,11,13)(H2,12,14). The van der Waals surface area contributed by atoms with Crippen LogP contribution in [-0.2, 0) is 0 Å². The zero-order chi connectivity index (χ0) is 10.9. The molecule has 1 rings (SSSR count). The van der Waals surface area contributed by atoms with Crippen molar-refractivity contribution in [2.75, 3.05) is 5.73 Å². The van der Waals surface area contributed by atoms with E-state index in [-0.39, 0.29) is 22.5 Å². The van der Waals surface area contributed by atoms with E-state index in [1.54, 1.807) is 0 Å². The Morgan fingerprint density at radius 3 is 2.57 bits per heavy atom. The normalized spacial score (nSPS) is 10.6. The van der Waals surface area contributed by atoms with Crippen molar-refractivity contribution in [1.29, 1.82) is 0 Å². The molecule has 76 valence electrons. The summed E-state index contributed by atoms with van der Waals surface area (Å²) in [4.78, 5) is 14.4. The molecule has 0 bridgehead atoms. The van der Waals surface area contributed by atoms with Gasteiger partial charge in [0.1, 0.15) is 5.82 Å². The van der Waals surface area contributed by atoms with Crippen LogP contribution >= 0.6 is 0 Å². The fourth-order valence-electron chi connectivity index (χ4n) is 1.17. The van der Waals surface area contributed by atoms with E-state index >= 15 is 0 Å². The van der Waals surface area contributed by atoms with E-state index in [1.807, 2.05) is 0 Å². The van der Waals surface area contributed by atoms with E-state index in [2.05, 4.69) is 4.98 Å². The Labute approximate surface area is 78.9 Å². The Bertz CT molecular complexity index is 379. The minimum Gasteiger partial charge on any atom is -0.383 e. The van der Waals surface area contributed by atoms with Gasteiger partial charge in [-0.2, -0.15) is 0 Å². The molecular weight excluding hydrogens is 192 g/mol. The van der Waals surface area contributed by atoms with Gasteiger partial charge < -0.3 is 11.5 Å². The molecule has 0 atom stereocenters. The van der Waals surface area contributed by atoms with E-state index in [0.717, 1.165) is 6.20 Å². The number of halogens is 2. The molecule has 4 N–H and O–H groups in total. The molecule has 1 aromatic rings. The number of hydrogen-bond donors (Lipinski definition) is 2. The second-order valence-corrected chi connectivity index (χ2v) is 2.76. The van der Waals surface area contributed by atoms with E-state index in [9.17, 15) is 13.6 Å². The number of rotatable bonds is 2. The van der Waals surface area contributed by atoms with Gasteiger partial charge in [0.25, 0.3) is 12.3 Å². The van der Waals surface area contributed by atoms with E-state index in [4.69, 9.17) is 11.5 Å². The zero-order valence-electron chi connectivity index (χ0n) is 7.42. The van der Waals surface area contributed by atoms with Gasteiger partial charge in [0.05, 0.1) is 5.56 Å². The molecular formula is C8H9F2N3O. The number of pyridine rings is 1. The molecule has 0 radical (unpaired) electrons. The molecule has 0 aromatic carbocycles. The number of nitrogens with zero attached hydrogens (tertiary/aromatic N) is 1. The number of hydrogen-bond acceptors (Lipinski definition) is 3. The molecule has 0 saturated carbocycles. The van der Waals surface area contributed by atoms with Gasteiger partial charge in [0, 0.05) is 11.8 Å². The highest BCUT2D eigenvalue weighted by molar-refractivity contribution is 5.98. The monoisotopic (exact) mass is 201 g/mol. The summed E-state index contributed by atoms with van der Waals surface area (Å²) in [7, 11) is 0. The number of anilines is 1. The third kappa shape index (κ3) is 1.63. The SMILES string of the molecule is Cc1c(C(F)F)cnc(N)c1C(N)=O. The lowest BCUT2D eigenvalue weighted by atomic mass is 10.0. The summed E-state index contributed by atoms with van der Waals surface area (Å²) < 4.78 is 24.7. The summed E-state index contributed by atoms with van der Waals surface area (Å²) in [6.07, 6.45) is -1.75. The van der Waals surface area contributed by atoms with Crippen LogP contribution in [0.15, 0.2) is 6.20 Å². The molecule has 0 aliphatic rings. The highest BCUT2D eigenvalue weighted by Crippen LogP contribution is 2.26. The number of nitrogens with two attached hydrogens (primary N) is 2. The van der Waals surface area contributed by atoms with Crippen molar-refractivity contribution in [2.24, 2.45) is 5.73 Å². The number of amides is 1. The van der Waals surface area contributed by atoms with Gasteiger partial charge in [-0.15, -0.1) is 0 Å². The van der Waals surface area contributed by atoms with Gasteiger partial charge in [-0.3, -0.25) is 4.79 Å². The lowest BCUT2D eigenvalue weighted by Crippen LogP contribution is -2.17. The van der Waals surface area contributed by atoms with Gasteiger partial charge >= 0.3 is 0 Å². The number of primary amides is 1. The second kappa shape index (κ2) is 3.57. The van der Waals surface area contributed by atoms with Crippen molar-refractivity contribution in [3.8, 4) is 0 Å². The van der Waals surface area contributed by atoms with Crippen molar-refractivity contribution in [3.63, 3.8) is 0 Å². The van der Waals surface area contributed by atoms with E-state index in [0.29, 0.717) is 0 Å². The summed E-state index contributed by atoms with van der Waals surface area (Å²) in [5.41, 5.74) is 9.94. The molecule has 1 aromatic heterocycles. The predicted octanol–water partition coefficient (Wildman–Crippen LogP) is 1.01. The maximum atomic E-state index is 12.4. The van der Waals surface area contributed by atoms with Crippen molar-refractivity contribution in [2.45, 2.75) is 13.3 Å². The molecule has 6 heteroatoms. The summed E-state index contributed by atoms with van der Waals surface area (Å²) in [6, 6.07) is 0. The lowest BCUT2D eigenvalue weighted by molar-refractivity contribution is 0.0999. The first-order valence-corrected chi connectivity index (χ1v) is 3.78. The molecule has 0 saturated heterocycles. The third-order valence-corrected chi connectivity index (χ3v) is 1.89. The second-order valence-electron chi connectivity index (χ2n) is 2.76. The maximum absolute atomic E-state index is 12.4. The van der Waals surface area contributed by atoms with Crippen LogP contribution in [0.25, 0.3) is 0 Å². The first-order chi connectivity index (χ1) is 6.45. The summed E-state index contributed by atoms with van der Waals surface area (Å²) >= 11 is 0. The average molecular weight is 201 g/mol. The van der Waals surface area contributed by atoms with Gasteiger partial charge in [-0.25, -0.2) is 13.8 Å². The van der Waals surface area contributed by atoms with Crippen LogP contribution in [0.2, 0.25) is 0 Å². The molecule has 14 heavy (non-hydrogen) atoms. The minimum absolute atomic E-state index is 0.0833. The van der Waals surface area contributed by atoms with Crippen LogP contribution < -0.4 is 11.5 Å². The molecule has 1 amide bonds. The summed E-state index contributed by atoms with van der Waals surface area (Å²) in [5.74, 6) is -0.977. The molecule has 1 heterocycles. The van der Waals surface area contributed by atoms with E-state index in [1.165, 1.54) is 6.92 Å². The molecule has 0 unspecified atom stereocenters. The Balaban J connectivity index is 3.41. The van der Waals surface area contributed by atoms with Gasteiger partial charge in [-0.1, -0.05) is 0 Å². The number of carbonyl (C=O) groups excluding carboxylic acids is 1. The fourth-order valence-corrected chi connectivity index (χ4v) is 1.17. The largest absolute Gasteiger partial charge is 0.383 e. The van der Waals surface area contributed by atoms with Crippen LogP contribution in [0, 0.1) is 6.92 Å². The molecule has 0 aliphatic carbocycles. The van der Waals surface area contributed by atoms with Crippen LogP contribution in [0.1, 0.15) is 27.9 Å². The van der Waals surface area contributed by atoms with Crippen molar-refractivity contribution < 1.29 is 13.6 Å². The Morgan fingerprint density at radius 2 is 2.14 bits per heavy atom. The van der Waals surface area contributed by atoms with Crippen molar-refractivity contribution >= 4 is 11.7 Å². The van der Waals surface area contributed by atoms with Crippen molar-refractivity contribution in [1.82, 2.24) is 4.98 Å². The highest BCUT2D eigenvalue weighted by atomic mass is 19.3. The number of nitrogen functional groups attached to an aromatic ring is 1. The first kappa shape index (κ1) is 10.4. The third-order valence-electron chi connectivity index (χ3n) is 1.89. The first-order valence-electron chi connectivity index (χ1n) is 3.78. The lowest BCUT2D eigenvalue weighted by Gasteiger charge is -2.09. The molecule has 0 spiro atoms. The van der Waals surface area contributed by atoms with Gasteiger partial charge in [-0.05, 0) is 12.5 Å².